The van der Waals surface area contributed by atoms with Crippen LogP contribution in [0.5, 0.6) is 0 Å². The third-order valence-corrected chi connectivity index (χ3v) is 5.54. The van der Waals surface area contributed by atoms with Crippen LogP contribution in [0.1, 0.15) is 58.1 Å². The van der Waals surface area contributed by atoms with E-state index in [1.807, 2.05) is 48.5 Å². The number of carbonyl (C=O) groups is 3. The highest BCUT2D eigenvalue weighted by Crippen LogP contribution is 2.44. The summed E-state index contributed by atoms with van der Waals surface area (Å²) >= 11 is 0. The van der Waals surface area contributed by atoms with Gasteiger partial charge in [-0.15, -0.1) is 0 Å². The Morgan fingerprint density at radius 1 is 1.00 bits per heavy atom. The molecule has 0 spiro atoms. The van der Waals surface area contributed by atoms with Crippen molar-refractivity contribution in [2.24, 2.45) is 16.8 Å². The van der Waals surface area contributed by atoms with Crippen molar-refractivity contribution in [3.8, 4) is 11.1 Å². The van der Waals surface area contributed by atoms with Crippen LogP contribution in [0.2, 0.25) is 0 Å². The lowest BCUT2D eigenvalue weighted by Gasteiger charge is -2.22. The summed E-state index contributed by atoms with van der Waals surface area (Å²) in [5.41, 5.74) is 9.23. The number of benzene rings is 2. The number of nitrogens with one attached hydrogen (secondary N) is 1. The fourth-order valence-corrected chi connectivity index (χ4v) is 3.79. The first-order valence-electron chi connectivity index (χ1n) is 11.8. The molecule has 0 radical (unpaired) electrons. The minimum Gasteiger partial charge on any atom is -0.460 e. The molecule has 1 aliphatic rings. The monoisotopic (exact) mass is 495 g/mol. The number of hydrogen-bond donors (Lipinski definition) is 2. The molecule has 1 aliphatic carbocycles. The molecule has 1 amide bonds. The van der Waals surface area contributed by atoms with Crippen LogP contribution in [0.15, 0.2) is 53.7 Å². The second-order valence-corrected chi connectivity index (χ2v) is 9.89. The molecule has 0 fully saturated rings. The highest BCUT2D eigenvalue weighted by Gasteiger charge is 2.32. The first kappa shape index (κ1) is 26.7. The lowest BCUT2D eigenvalue weighted by Crippen LogP contribution is -2.44. The number of rotatable bonds is 8. The topological polar surface area (TPSA) is 129 Å². The Hall–Kier alpha value is -3.88. The molecule has 3 N–H and O–H groups in total. The zero-order valence-electron chi connectivity index (χ0n) is 21.2. The maximum atomic E-state index is 12.7. The Morgan fingerprint density at radius 3 is 2.08 bits per heavy atom. The summed E-state index contributed by atoms with van der Waals surface area (Å²) in [4.78, 5) is 42.6. The quantitative estimate of drug-likeness (QED) is 0.185. The minimum atomic E-state index is -1.38. The van der Waals surface area contributed by atoms with E-state index in [0.29, 0.717) is 0 Å². The van der Waals surface area contributed by atoms with Gasteiger partial charge in [-0.25, -0.2) is 9.59 Å². The van der Waals surface area contributed by atoms with Crippen LogP contribution in [0.4, 0.5) is 4.79 Å². The molecule has 0 saturated carbocycles. The second-order valence-electron chi connectivity index (χ2n) is 9.89. The third-order valence-electron chi connectivity index (χ3n) is 5.54. The lowest BCUT2D eigenvalue weighted by molar-refractivity contribution is -0.159. The van der Waals surface area contributed by atoms with Gasteiger partial charge < -0.3 is 25.4 Å². The number of alkyl carbamates (subject to hydrolysis) is 1. The summed E-state index contributed by atoms with van der Waals surface area (Å²) in [6.07, 6.45) is -1.33. The standard InChI is InChI=1S/C27H33N3O6/c1-16(2)24(28)30-36-25(32)22(14-23(31)35-27(3,4)5)29-26(33)34-15-21-19-12-8-6-10-17(19)18-11-7-9-13-20(18)21/h6-13,16,21-22H,14-15H2,1-5H3,(H2,28,30)(H,29,33)/t22-/m0/s1. The van der Waals surface area contributed by atoms with Crippen molar-refractivity contribution in [3.63, 3.8) is 0 Å². The Bertz CT molecular complexity index is 1110. The molecular weight excluding hydrogens is 462 g/mol. The van der Waals surface area contributed by atoms with Crippen LogP contribution in [0.3, 0.4) is 0 Å². The maximum absolute atomic E-state index is 12.7. The molecule has 9 heteroatoms. The summed E-state index contributed by atoms with van der Waals surface area (Å²) in [6.45, 7) is 8.70. The van der Waals surface area contributed by atoms with Crippen LogP contribution in [-0.4, -0.2) is 42.1 Å². The van der Waals surface area contributed by atoms with Crippen molar-refractivity contribution in [2.45, 2.75) is 58.6 Å². The lowest BCUT2D eigenvalue weighted by atomic mass is 9.98. The molecular formula is C27H33N3O6. The second kappa shape index (κ2) is 11.2. The molecule has 36 heavy (non-hydrogen) atoms. The molecule has 0 aliphatic heterocycles. The van der Waals surface area contributed by atoms with Crippen LogP contribution >= 0.6 is 0 Å². The summed E-state index contributed by atoms with van der Waals surface area (Å²) in [7, 11) is 0. The van der Waals surface area contributed by atoms with Gasteiger partial charge in [0, 0.05) is 11.8 Å². The Labute approximate surface area is 211 Å². The van der Waals surface area contributed by atoms with E-state index in [1.165, 1.54) is 0 Å². The van der Waals surface area contributed by atoms with Gasteiger partial charge in [0.1, 0.15) is 24.1 Å². The highest BCUT2D eigenvalue weighted by molar-refractivity contribution is 5.88. The number of amidine groups is 1. The largest absolute Gasteiger partial charge is 0.460 e. The molecule has 192 valence electrons. The van der Waals surface area contributed by atoms with E-state index in [-0.39, 0.29) is 24.3 Å². The summed E-state index contributed by atoms with van der Waals surface area (Å²) < 4.78 is 10.8. The predicted octanol–water partition coefficient (Wildman–Crippen LogP) is 4.10. The number of esters is 1. The molecule has 2 aromatic carbocycles. The van der Waals surface area contributed by atoms with Gasteiger partial charge in [-0.2, -0.15) is 0 Å². The summed E-state index contributed by atoms with van der Waals surface area (Å²) in [6, 6.07) is 14.5. The molecule has 0 aromatic heterocycles. The van der Waals surface area contributed by atoms with E-state index in [1.54, 1.807) is 34.6 Å². The first-order chi connectivity index (χ1) is 17.0. The number of oxime groups is 1. The molecule has 0 bridgehead atoms. The Balaban J connectivity index is 1.70. The number of ether oxygens (including phenoxy) is 2. The van der Waals surface area contributed by atoms with Crippen LogP contribution in [-0.2, 0) is 23.9 Å². The number of amides is 1. The van der Waals surface area contributed by atoms with Crippen LogP contribution < -0.4 is 11.1 Å². The van der Waals surface area contributed by atoms with Crippen molar-refractivity contribution < 1.29 is 28.7 Å². The minimum absolute atomic E-state index is 0.0481. The number of nitrogens with zero attached hydrogens (tertiary/aromatic N) is 1. The molecule has 0 unspecified atom stereocenters. The normalized spacial score (nSPS) is 14.0. The molecule has 0 heterocycles. The van der Waals surface area contributed by atoms with Crippen molar-refractivity contribution >= 4 is 23.9 Å². The van der Waals surface area contributed by atoms with E-state index in [0.717, 1.165) is 22.3 Å². The van der Waals surface area contributed by atoms with Gasteiger partial charge in [0.25, 0.3) is 0 Å². The van der Waals surface area contributed by atoms with Gasteiger partial charge in [-0.3, -0.25) is 4.79 Å². The Kier molecular flexibility index (Phi) is 8.34. The van der Waals surface area contributed by atoms with E-state index in [9.17, 15) is 14.4 Å². The van der Waals surface area contributed by atoms with Crippen LogP contribution in [0, 0.1) is 5.92 Å². The number of hydrogen-bond acceptors (Lipinski definition) is 7. The molecule has 2 aromatic rings. The molecule has 1 atom stereocenters. The van der Waals surface area contributed by atoms with Crippen molar-refractivity contribution in [1.82, 2.24) is 5.32 Å². The predicted molar refractivity (Wildman–Crippen MR) is 135 cm³/mol. The number of nitrogens with two attached hydrogens (primary N) is 1. The van der Waals surface area contributed by atoms with Crippen LogP contribution in [0.25, 0.3) is 11.1 Å². The third kappa shape index (κ3) is 6.84. The summed E-state index contributed by atoms with van der Waals surface area (Å²) in [5, 5.41) is 6.01. The van der Waals surface area contributed by atoms with Crippen molar-refractivity contribution in [1.29, 1.82) is 0 Å². The van der Waals surface area contributed by atoms with E-state index >= 15 is 0 Å². The van der Waals surface area contributed by atoms with E-state index < -0.39 is 36.1 Å². The van der Waals surface area contributed by atoms with Gasteiger partial charge in [-0.05, 0) is 43.0 Å². The van der Waals surface area contributed by atoms with Crippen molar-refractivity contribution in [2.75, 3.05) is 6.61 Å². The average Bonchev–Trinajstić information content (AvgIpc) is 3.13. The zero-order chi connectivity index (χ0) is 26.5. The van der Waals surface area contributed by atoms with E-state index in [4.69, 9.17) is 20.0 Å². The van der Waals surface area contributed by atoms with Crippen molar-refractivity contribution in [3.05, 3.63) is 59.7 Å². The van der Waals surface area contributed by atoms with Gasteiger partial charge >= 0.3 is 18.0 Å². The zero-order valence-corrected chi connectivity index (χ0v) is 21.2. The number of carbonyl (C=O) groups excluding carboxylic acids is 3. The van der Waals surface area contributed by atoms with E-state index in [2.05, 4.69) is 10.5 Å². The van der Waals surface area contributed by atoms with Gasteiger partial charge in [0.05, 0.1) is 6.42 Å². The van der Waals surface area contributed by atoms with Gasteiger partial charge in [0.2, 0.25) is 0 Å². The smallest absolute Gasteiger partial charge is 0.407 e. The number of fused-ring (bicyclic) bond motifs is 3. The molecule has 3 rings (SSSR count). The SMILES string of the molecule is CC(C)/C(N)=N\OC(=O)[C@H](CC(=O)OC(C)(C)C)NC(=O)OCC1c2ccccc2-c2ccccc21. The average molecular weight is 496 g/mol. The highest BCUT2D eigenvalue weighted by atomic mass is 16.7. The van der Waals surface area contributed by atoms with Gasteiger partial charge in [0.15, 0.2) is 0 Å². The Morgan fingerprint density at radius 2 is 1.56 bits per heavy atom. The fourth-order valence-electron chi connectivity index (χ4n) is 3.79. The summed E-state index contributed by atoms with van der Waals surface area (Å²) in [5.74, 6) is -1.87. The first-order valence-corrected chi connectivity index (χ1v) is 11.8. The molecule has 9 nitrogen and oxygen atoms in total. The molecule has 0 saturated heterocycles. The maximum Gasteiger partial charge on any atom is 0.407 e. The van der Waals surface area contributed by atoms with Gasteiger partial charge in [-0.1, -0.05) is 67.5 Å². The fraction of sp³-hybridized carbons (Fsp3) is 0.407.